The van der Waals surface area contributed by atoms with Crippen molar-refractivity contribution in [1.29, 1.82) is 0 Å². The van der Waals surface area contributed by atoms with Crippen LogP contribution in [0.15, 0.2) is 36.5 Å². The monoisotopic (exact) mass is 219 g/mol. The summed E-state index contributed by atoms with van der Waals surface area (Å²) in [6, 6.07) is 8.15. The lowest BCUT2D eigenvalue weighted by atomic mass is 10.2. The fraction of sp³-hybridized carbons (Fsp3) is 0.308. The average molecular weight is 219 g/mol. The number of esters is 1. The molecule has 0 saturated heterocycles. The molecule has 0 heterocycles. The van der Waals surface area contributed by atoms with Crippen LogP contribution in [0.1, 0.15) is 12.5 Å². The largest absolute Gasteiger partial charge is 0.466 e. The van der Waals surface area contributed by atoms with Gasteiger partial charge in [-0.3, -0.25) is 0 Å². The van der Waals surface area contributed by atoms with Gasteiger partial charge in [-0.25, -0.2) is 4.79 Å². The van der Waals surface area contributed by atoms with Crippen molar-refractivity contribution in [3.8, 4) is 0 Å². The number of nitrogens with zero attached hydrogens (tertiary/aromatic N) is 1. The van der Waals surface area contributed by atoms with Crippen molar-refractivity contribution in [3.05, 3.63) is 42.1 Å². The van der Waals surface area contributed by atoms with Gasteiger partial charge in [0.25, 0.3) is 0 Å². The van der Waals surface area contributed by atoms with Crippen LogP contribution in [0, 0.1) is 6.92 Å². The van der Waals surface area contributed by atoms with Crippen LogP contribution in [0.25, 0.3) is 0 Å². The van der Waals surface area contributed by atoms with E-state index in [0.29, 0.717) is 0 Å². The van der Waals surface area contributed by atoms with E-state index >= 15 is 0 Å². The van der Waals surface area contributed by atoms with Gasteiger partial charge in [-0.15, -0.1) is 0 Å². The van der Waals surface area contributed by atoms with Gasteiger partial charge in [-0.05, 0) is 26.0 Å². The van der Waals surface area contributed by atoms with E-state index in [0.717, 1.165) is 12.2 Å². The van der Waals surface area contributed by atoms with Gasteiger partial charge in [0.15, 0.2) is 0 Å². The van der Waals surface area contributed by atoms with Crippen LogP contribution in [0.2, 0.25) is 0 Å². The lowest BCUT2D eigenvalue weighted by Gasteiger charge is -2.18. The van der Waals surface area contributed by atoms with Crippen LogP contribution in [0.3, 0.4) is 0 Å². The Labute approximate surface area is 96.3 Å². The van der Waals surface area contributed by atoms with E-state index in [-0.39, 0.29) is 5.97 Å². The minimum atomic E-state index is -0.342. The third-order valence-electron chi connectivity index (χ3n) is 2.30. The minimum Gasteiger partial charge on any atom is -0.466 e. The van der Waals surface area contributed by atoms with Crippen LogP contribution in [0.4, 0.5) is 5.69 Å². The molecule has 0 unspecified atom stereocenters. The summed E-state index contributed by atoms with van der Waals surface area (Å²) in [5, 5.41) is 0. The van der Waals surface area contributed by atoms with Crippen LogP contribution in [-0.4, -0.2) is 19.6 Å². The maximum absolute atomic E-state index is 11.0. The zero-order valence-electron chi connectivity index (χ0n) is 9.93. The predicted octanol–water partition coefficient (Wildman–Crippen LogP) is 2.51. The fourth-order valence-electron chi connectivity index (χ4n) is 1.33. The second-order valence-electron chi connectivity index (χ2n) is 3.46. The van der Waals surface area contributed by atoms with Gasteiger partial charge < -0.3 is 9.64 Å². The van der Waals surface area contributed by atoms with Crippen LogP contribution < -0.4 is 4.90 Å². The van der Waals surface area contributed by atoms with Crippen molar-refractivity contribution in [2.75, 3.05) is 18.6 Å². The van der Waals surface area contributed by atoms with Gasteiger partial charge in [0.1, 0.15) is 0 Å². The van der Waals surface area contributed by atoms with Crippen molar-refractivity contribution < 1.29 is 9.53 Å². The first-order valence-electron chi connectivity index (χ1n) is 5.27. The highest BCUT2D eigenvalue weighted by Gasteiger charge is 2.00. The maximum atomic E-state index is 11.0. The number of ether oxygens (including phenoxy) is 1. The molecule has 0 saturated carbocycles. The minimum absolute atomic E-state index is 0.342. The summed E-state index contributed by atoms with van der Waals surface area (Å²) in [5.41, 5.74) is 2.28. The average Bonchev–Trinajstić information content (AvgIpc) is 2.31. The van der Waals surface area contributed by atoms with Crippen molar-refractivity contribution in [2.24, 2.45) is 0 Å². The SMILES string of the molecule is CCN(C=CC(=O)OC)c1ccc(C)cc1. The molecule has 3 nitrogen and oxygen atoms in total. The third-order valence-corrected chi connectivity index (χ3v) is 2.30. The fourth-order valence-corrected chi connectivity index (χ4v) is 1.33. The lowest BCUT2D eigenvalue weighted by Crippen LogP contribution is -2.15. The standard InChI is InChI=1S/C13H17NO2/c1-4-14(10-9-13(15)16-3)12-7-5-11(2)6-8-12/h5-10H,4H2,1-3H3. The molecule has 86 valence electrons. The topological polar surface area (TPSA) is 29.5 Å². The Balaban J connectivity index is 2.78. The second kappa shape index (κ2) is 5.95. The molecule has 0 spiro atoms. The molecule has 1 rings (SSSR count). The Morgan fingerprint density at radius 2 is 2.00 bits per heavy atom. The summed E-state index contributed by atoms with van der Waals surface area (Å²) in [6.45, 7) is 4.88. The molecule has 0 amide bonds. The molecule has 0 atom stereocenters. The van der Waals surface area contributed by atoms with E-state index in [1.807, 2.05) is 43.0 Å². The predicted molar refractivity (Wildman–Crippen MR) is 65.4 cm³/mol. The molecule has 1 aromatic carbocycles. The number of anilines is 1. The number of benzene rings is 1. The molecule has 16 heavy (non-hydrogen) atoms. The van der Waals surface area contributed by atoms with Crippen molar-refractivity contribution >= 4 is 11.7 Å². The Bertz CT molecular complexity index is 368. The van der Waals surface area contributed by atoms with E-state index in [1.165, 1.54) is 18.7 Å². The Morgan fingerprint density at radius 1 is 1.38 bits per heavy atom. The highest BCUT2D eigenvalue weighted by molar-refractivity contribution is 5.82. The zero-order valence-corrected chi connectivity index (χ0v) is 9.93. The summed E-state index contributed by atoms with van der Waals surface area (Å²) in [6.07, 6.45) is 3.15. The van der Waals surface area contributed by atoms with Crippen LogP contribution >= 0.6 is 0 Å². The molecule has 0 aliphatic carbocycles. The number of methoxy groups -OCH3 is 1. The number of aryl methyl sites for hydroxylation is 1. The molecule has 0 radical (unpaired) electrons. The van der Waals surface area contributed by atoms with E-state index in [1.54, 1.807) is 6.20 Å². The summed E-state index contributed by atoms with van der Waals surface area (Å²) in [4.78, 5) is 13.0. The Morgan fingerprint density at radius 3 is 2.50 bits per heavy atom. The highest BCUT2D eigenvalue weighted by atomic mass is 16.5. The third kappa shape index (κ3) is 3.42. The summed E-state index contributed by atoms with van der Waals surface area (Å²) in [7, 11) is 1.37. The first-order chi connectivity index (χ1) is 7.67. The number of hydrogen-bond acceptors (Lipinski definition) is 3. The molecule has 0 aromatic heterocycles. The summed E-state index contributed by atoms with van der Waals surface area (Å²) >= 11 is 0. The Kier molecular flexibility index (Phi) is 4.58. The first-order valence-corrected chi connectivity index (χ1v) is 5.27. The van der Waals surface area contributed by atoms with E-state index in [9.17, 15) is 4.79 Å². The van der Waals surface area contributed by atoms with Gasteiger partial charge in [0.05, 0.1) is 7.11 Å². The molecule has 0 fully saturated rings. The lowest BCUT2D eigenvalue weighted by molar-refractivity contribution is -0.134. The number of carbonyl (C=O) groups is 1. The smallest absolute Gasteiger partial charge is 0.331 e. The van der Waals surface area contributed by atoms with Gasteiger partial charge >= 0.3 is 5.97 Å². The molecular weight excluding hydrogens is 202 g/mol. The van der Waals surface area contributed by atoms with Gasteiger partial charge in [-0.2, -0.15) is 0 Å². The first kappa shape index (κ1) is 12.3. The van der Waals surface area contributed by atoms with Crippen molar-refractivity contribution in [1.82, 2.24) is 0 Å². The summed E-state index contributed by atoms with van der Waals surface area (Å²) in [5.74, 6) is -0.342. The van der Waals surface area contributed by atoms with Gasteiger partial charge in [0, 0.05) is 24.5 Å². The zero-order chi connectivity index (χ0) is 12.0. The highest BCUT2D eigenvalue weighted by Crippen LogP contribution is 2.14. The molecule has 0 N–H and O–H groups in total. The van der Waals surface area contributed by atoms with Gasteiger partial charge in [-0.1, -0.05) is 17.7 Å². The molecule has 0 aliphatic heterocycles. The quantitative estimate of drug-likeness (QED) is 0.575. The molecule has 3 heteroatoms. The van der Waals surface area contributed by atoms with Crippen molar-refractivity contribution in [3.63, 3.8) is 0 Å². The summed E-state index contributed by atoms with van der Waals surface area (Å²) < 4.78 is 4.55. The van der Waals surface area contributed by atoms with Crippen LogP contribution in [0.5, 0.6) is 0 Å². The molecule has 0 bridgehead atoms. The van der Waals surface area contributed by atoms with Crippen LogP contribution in [-0.2, 0) is 9.53 Å². The maximum Gasteiger partial charge on any atom is 0.331 e. The number of carbonyl (C=O) groups excluding carboxylic acids is 1. The second-order valence-corrected chi connectivity index (χ2v) is 3.46. The number of rotatable bonds is 4. The van der Waals surface area contributed by atoms with E-state index in [4.69, 9.17) is 0 Å². The number of hydrogen-bond donors (Lipinski definition) is 0. The molecule has 1 aromatic rings. The molecular formula is C13H17NO2. The van der Waals surface area contributed by atoms with Crippen molar-refractivity contribution in [2.45, 2.75) is 13.8 Å². The normalized spacial score (nSPS) is 10.4. The van der Waals surface area contributed by atoms with E-state index in [2.05, 4.69) is 4.74 Å². The molecule has 0 aliphatic rings. The Hall–Kier alpha value is -1.77. The van der Waals surface area contributed by atoms with Gasteiger partial charge in [0.2, 0.25) is 0 Å². The van der Waals surface area contributed by atoms with E-state index < -0.39 is 0 Å².